The number of halogens is 1. The maximum Gasteiger partial charge on any atom is 0.221 e. The van der Waals surface area contributed by atoms with Gasteiger partial charge < -0.3 is 20.9 Å². The largest absolute Gasteiger partial charge is 0.369 e. The van der Waals surface area contributed by atoms with Crippen molar-refractivity contribution in [2.75, 3.05) is 45.8 Å². The van der Waals surface area contributed by atoms with E-state index < -0.39 is 0 Å². The summed E-state index contributed by atoms with van der Waals surface area (Å²) >= 11 is 0. The molecule has 2 rings (SSSR count). The zero-order valence-corrected chi connectivity index (χ0v) is 20.5. The molecule has 2 saturated heterocycles. The second kappa shape index (κ2) is 13.6. The van der Waals surface area contributed by atoms with Crippen LogP contribution in [0.25, 0.3) is 0 Å². The minimum atomic E-state index is -0.145. The lowest BCUT2D eigenvalue weighted by atomic mass is 9.87. The Bertz CT molecular complexity index is 483. The Morgan fingerprint density at radius 3 is 2.57 bits per heavy atom. The van der Waals surface area contributed by atoms with Crippen molar-refractivity contribution in [2.24, 2.45) is 28.5 Å². The molecule has 0 radical (unpaired) electrons. The van der Waals surface area contributed by atoms with E-state index in [1.54, 1.807) is 0 Å². The molecule has 2 aliphatic rings. The summed E-state index contributed by atoms with van der Waals surface area (Å²) in [6.07, 6.45) is 6.91. The molecule has 0 bridgehead atoms. The van der Waals surface area contributed by atoms with Crippen LogP contribution in [-0.2, 0) is 4.79 Å². The molecule has 164 valence electrons. The van der Waals surface area contributed by atoms with Crippen LogP contribution in [0.2, 0.25) is 0 Å². The number of guanidine groups is 1. The molecule has 0 aromatic rings. The van der Waals surface area contributed by atoms with Crippen molar-refractivity contribution in [3.63, 3.8) is 0 Å². The van der Waals surface area contributed by atoms with Crippen LogP contribution in [-0.4, -0.2) is 67.5 Å². The molecule has 28 heavy (non-hydrogen) atoms. The Morgan fingerprint density at radius 2 is 1.93 bits per heavy atom. The zero-order valence-electron chi connectivity index (χ0n) is 18.2. The molecular formula is C21H42IN5O. The number of amides is 1. The van der Waals surface area contributed by atoms with Crippen molar-refractivity contribution in [3.8, 4) is 0 Å². The third kappa shape index (κ3) is 7.69. The number of nitrogens with two attached hydrogens (primary N) is 1. The molecule has 0 aliphatic carbocycles. The molecule has 2 aliphatic heterocycles. The maximum atomic E-state index is 11.4. The molecule has 7 heteroatoms. The average molecular weight is 508 g/mol. The van der Waals surface area contributed by atoms with Gasteiger partial charge in [-0.1, -0.05) is 26.7 Å². The highest BCUT2D eigenvalue weighted by Crippen LogP contribution is 2.28. The van der Waals surface area contributed by atoms with Gasteiger partial charge in [-0.3, -0.25) is 9.79 Å². The van der Waals surface area contributed by atoms with Gasteiger partial charge in [0.05, 0.1) is 5.92 Å². The topological polar surface area (TPSA) is 74.0 Å². The number of nitrogens with zero attached hydrogens (tertiary/aromatic N) is 3. The predicted octanol–water partition coefficient (Wildman–Crippen LogP) is 2.92. The molecule has 0 aromatic carbocycles. The van der Waals surface area contributed by atoms with Gasteiger partial charge in [-0.05, 0) is 57.5 Å². The molecule has 0 saturated carbocycles. The average Bonchev–Trinajstić information content (AvgIpc) is 3.15. The lowest BCUT2D eigenvalue weighted by Gasteiger charge is -2.31. The molecule has 2 heterocycles. The monoisotopic (exact) mass is 507 g/mol. The van der Waals surface area contributed by atoms with Gasteiger partial charge in [0.2, 0.25) is 5.91 Å². The third-order valence-corrected chi connectivity index (χ3v) is 6.38. The van der Waals surface area contributed by atoms with E-state index in [1.807, 2.05) is 0 Å². The van der Waals surface area contributed by atoms with Crippen LogP contribution in [0.5, 0.6) is 0 Å². The van der Waals surface area contributed by atoms with Gasteiger partial charge in [0, 0.05) is 32.7 Å². The van der Waals surface area contributed by atoms with Gasteiger partial charge in [0.1, 0.15) is 0 Å². The number of carbonyl (C=O) groups is 1. The van der Waals surface area contributed by atoms with Gasteiger partial charge in [-0.25, -0.2) is 0 Å². The fraction of sp³-hybridized carbons (Fsp3) is 0.905. The Kier molecular flexibility index (Phi) is 12.4. The van der Waals surface area contributed by atoms with Gasteiger partial charge in [-0.15, -0.1) is 24.0 Å². The van der Waals surface area contributed by atoms with E-state index >= 15 is 0 Å². The summed E-state index contributed by atoms with van der Waals surface area (Å²) in [5, 5.41) is 3.48. The number of hydrogen-bond donors (Lipinski definition) is 2. The van der Waals surface area contributed by atoms with Crippen LogP contribution in [0, 0.1) is 17.8 Å². The lowest BCUT2D eigenvalue weighted by Crippen LogP contribution is -2.42. The van der Waals surface area contributed by atoms with E-state index in [0.29, 0.717) is 0 Å². The van der Waals surface area contributed by atoms with E-state index in [4.69, 9.17) is 10.7 Å². The summed E-state index contributed by atoms with van der Waals surface area (Å²) in [6, 6.07) is 0. The minimum Gasteiger partial charge on any atom is -0.369 e. The van der Waals surface area contributed by atoms with E-state index in [1.165, 1.54) is 19.3 Å². The molecule has 1 amide bonds. The van der Waals surface area contributed by atoms with Crippen LogP contribution < -0.4 is 11.1 Å². The molecule has 2 unspecified atom stereocenters. The zero-order chi connectivity index (χ0) is 19.6. The number of nitrogens with one attached hydrogen (secondary N) is 1. The first-order chi connectivity index (χ1) is 13.1. The summed E-state index contributed by atoms with van der Waals surface area (Å²) in [4.78, 5) is 21.1. The van der Waals surface area contributed by atoms with E-state index in [2.05, 4.69) is 35.9 Å². The van der Waals surface area contributed by atoms with Crippen molar-refractivity contribution >= 4 is 35.8 Å². The van der Waals surface area contributed by atoms with Crippen molar-refractivity contribution < 1.29 is 4.79 Å². The van der Waals surface area contributed by atoms with Crippen LogP contribution in [0.3, 0.4) is 0 Å². The highest BCUT2D eigenvalue weighted by molar-refractivity contribution is 14.0. The summed E-state index contributed by atoms with van der Waals surface area (Å²) in [7, 11) is 0. The normalized spacial score (nSPS) is 23.7. The van der Waals surface area contributed by atoms with Crippen molar-refractivity contribution in [2.45, 2.75) is 59.3 Å². The standard InChI is InChI=1S/C21H41N5O.HI/c1-4-17(5-2)18-10-14-26(16-18)21(23-6-3)24-11-8-13-25-12-7-9-19(15-25)20(22)27;/h17-19H,4-16H2,1-3H3,(H2,22,27)(H,23,24);1H. The Balaban J connectivity index is 0.00000392. The number of aliphatic imine (C=N–C) groups is 1. The lowest BCUT2D eigenvalue weighted by molar-refractivity contribution is -0.123. The van der Waals surface area contributed by atoms with Crippen LogP contribution >= 0.6 is 24.0 Å². The van der Waals surface area contributed by atoms with Gasteiger partial charge in [0.15, 0.2) is 5.96 Å². The first-order valence-corrected chi connectivity index (χ1v) is 11.1. The van der Waals surface area contributed by atoms with Crippen LogP contribution in [0.1, 0.15) is 59.3 Å². The molecule has 0 aromatic heterocycles. The number of primary amides is 1. The Morgan fingerprint density at radius 1 is 1.18 bits per heavy atom. The molecule has 0 spiro atoms. The number of rotatable bonds is 9. The third-order valence-electron chi connectivity index (χ3n) is 6.38. The fourth-order valence-electron chi connectivity index (χ4n) is 4.72. The minimum absolute atomic E-state index is 0. The Hall–Kier alpha value is -0.570. The molecule has 2 atom stereocenters. The summed E-state index contributed by atoms with van der Waals surface area (Å²) in [6.45, 7) is 13.7. The molecule has 2 fully saturated rings. The first kappa shape index (κ1) is 25.5. The second-order valence-corrected chi connectivity index (χ2v) is 8.20. The molecule has 6 nitrogen and oxygen atoms in total. The van der Waals surface area contributed by atoms with Crippen LogP contribution in [0.15, 0.2) is 4.99 Å². The number of piperidine rings is 1. The highest BCUT2D eigenvalue weighted by Gasteiger charge is 2.29. The van der Waals surface area contributed by atoms with Crippen molar-refractivity contribution in [1.29, 1.82) is 0 Å². The van der Waals surface area contributed by atoms with E-state index in [9.17, 15) is 4.79 Å². The quantitative estimate of drug-likeness (QED) is 0.218. The SMILES string of the molecule is CCNC(=NCCCN1CCCC(C(N)=O)C1)N1CCC(C(CC)CC)C1.I. The van der Waals surface area contributed by atoms with Crippen molar-refractivity contribution in [3.05, 3.63) is 0 Å². The summed E-state index contributed by atoms with van der Waals surface area (Å²) in [5.74, 6) is 2.62. The number of carbonyl (C=O) groups excluding carboxylic acids is 1. The predicted molar refractivity (Wildman–Crippen MR) is 128 cm³/mol. The summed E-state index contributed by atoms with van der Waals surface area (Å²) in [5.41, 5.74) is 5.48. The number of hydrogen-bond acceptors (Lipinski definition) is 3. The molecule has 3 N–H and O–H groups in total. The van der Waals surface area contributed by atoms with E-state index in [0.717, 1.165) is 82.9 Å². The maximum absolute atomic E-state index is 11.4. The Labute approximate surface area is 189 Å². The second-order valence-electron chi connectivity index (χ2n) is 8.20. The molecular weight excluding hydrogens is 465 g/mol. The van der Waals surface area contributed by atoms with Crippen LogP contribution in [0.4, 0.5) is 0 Å². The fourth-order valence-corrected chi connectivity index (χ4v) is 4.72. The first-order valence-electron chi connectivity index (χ1n) is 11.1. The highest BCUT2D eigenvalue weighted by atomic mass is 127. The van der Waals surface area contributed by atoms with Gasteiger partial charge in [-0.2, -0.15) is 0 Å². The van der Waals surface area contributed by atoms with Gasteiger partial charge >= 0.3 is 0 Å². The van der Waals surface area contributed by atoms with E-state index in [-0.39, 0.29) is 35.8 Å². The summed E-state index contributed by atoms with van der Waals surface area (Å²) < 4.78 is 0. The van der Waals surface area contributed by atoms with Gasteiger partial charge in [0.25, 0.3) is 0 Å². The smallest absolute Gasteiger partial charge is 0.221 e. The van der Waals surface area contributed by atoms with Crippen molar-refractivity contribution in [1.82, 2.24) is 15.1 Å². The number of likely N-dealkylation sites (tertiary alicyclic amines) is 2.